The molecular weight excluding hydrogens is 340 g/mol. The number of likely N-dealkylation sites (tertiary alicyclic amines) is 1. The second-order valence-electron chi connectivity index (χ2n) is 6.79. The number of anilines is 1. The lowest BCUT2D eigenvalue weighted by Gasteiger charge is -2.18. The van der Waals surface area contributed by atoms with Crippen LogP contribution in [0.2, 0.25) is 0 Å². The van der Waals surface area contributed by atoms with E-state index in [2.05, 4.69) is 52.3 Å². The highest BCUT2D eigenvalue weighted by molar-refractivity contribution is 7.11. The summed E-state index contributed by atoms with van der Waals surface area (Å²) in [7, 11) is 4.20. The summed E-state index contributed by atoms with van der Waals surface area (Å²) >= 11 is 1.58. The molecule has 2 N–H and O–H groups in total. The Morgan fingerprint density at radius 3 is 2.77 bits per heavy atom. The molecule has 0 aliphatic carbocycles. The van der Waals surface area contributed by atoms with Gasteiger partial charge in [-0.15, -0.1) is 11.3 Å². The molecule has 1 fully saturated rings. The molecule has 0 spiro atoms. The van der Waals surface area contributed by atoms with Crippen molar-refractivity contribution in [2.45, 2.75) is 25.3 Å². The summed E-state index contributed by atoms with van der Waals surface area (Å²) in [6.07, 6.45) is 7.47. The molecule has 1 aliphatic heterocycles. The Labute approximate surface area is 160 Å². The summed E-state index contributed by atoms with van der Waals surface area (Å²) in [5, 5.41) is 13.2. The van der Waals surface area contributed by atoms with Crippen molar-refractivity contribution in [2.24, 2.45) is 0 Å². The number of hydrogen-bond acceptors (Lipinski definition) is 4. The first-order chi connectivity index (χ1) is 12.7. The lowest BCUT2D eigenvalue weighted by Crippen LogP contribution is -2.19. The number of nitrogens with zero attached hydrogens (tertiary/aromatic N) is 2. The predicted octanol–water partition coefficient (Wildman–Crippen LogP) is 5.09. The third-order valence-electron chi connectivity index (χ3n) is 5.01. The molecule has 0 bridgehead atoms. The number of hydrogen-bond donors (Lipinski definition) is 2. The van der Waals surface area contributed by atoms with Crippen molar-refractivity contribution in [2.75, 3.05) is 32.5 Å². The van der Waals surface area contributed by atoms with Crippen LogP contribution in [0.5, 0.6) is 0 Å². The number of aromatic nitrogens is 1. The molecule has 4 nitrogen and oxygen atoms in total. The molecule has 2 aromatic heterocycles. The topological polar surface area (TPSA) is 44.1 Å². The van der Waals surface area contributed by atoms with Gasteiger partial charge < -0.3 is 20.2 Å². The van der Waals surface area contributed by atoms with Gasteiger partial charge in [-0.1, -0.05) is 6.07 Å². The van der Waals surface area contributed by atoms with Gasteiger partial charge in [-0.25, -0.2) is 0 Å². The van der Waals surface area contributed by atoms with Gasteiger partial charge in [-0.2, -0.15) is 0 Å². The minimum absolute atomic E-state index is 0.655. The van der Waals surface area contributed by atoms with Gasteiger partial charge in [0.25, 0.3) is 0 Å². The van der Waals surface area contributed by atoms with E-state index in [0.29, 0.717) is 6.04 Å². The quantitative estimate of drug-likeness (QED) is 0.633. The van der Waals surface area contributed by atoms with Crippen LogP contribution in [0.3, 0.4) is 0 Å². The van der Waals surface area contributed by atoms with Gasteiger partial charge in [-0.3, -0.25) is 0 Å². The first-order valence-electron chi connectivity index (χ1n) is 9.22. The number of nitrogens with one attached hydrogen (secondary N) is 2. The maximum Gasteiger partial charge on any atom is 0.0484 e. The maximum absolute atomic E-state index is 6.75. The van der Waals surface area contributed by atoms with E-state index in [1.54, 1.807) is 11.3 Å². The van der Waals surface area contributed by atoms with E-state index in [4.69, 9.17) is 5.41 Å². The number of rotatable bonds is 3. The van der Waals surface area contributed by atoms with E-state index < -0.39 is 0 Å². The second-order valence-corrected chi connectivity index (χ2v) is 7.77. The molecule has 1 aromatic carbocycles. The van der Waals surface area contributed by atoms with Crippen molar-refractivity contribution in [3.63, 3.8) is 0 Å². The number of thiophene rings is 1. The highest BCUT2D eigenvalue weighted by Gasteiger charge is 2.17. The minimum Gasteiger partial charge on any atom is -0.388 e. The van der Waals surface area contributed by atoms with Crippen molar-refractivity contribution in [1.82, 2.24) is 9.47 Å². The van der Waals surface area contributed by atoms with E-state index in [-0.39, 0.29) is 0 Å². The van der Waals surface area contributed by atoms with Crippen molar-refractivity contribution in [1.29, 1.82) is 5.41 Å². The zero-order valence-corrected chi connectivity index (χ0v) is 16.4. The summed E-state index contributed by atoms with van der Waals surface area (Å²) < 4.78 is 2.48. The molecule has 1 saturated heterocycles. The fourth-order valence-electron chi connectivity index (χ4n) is 3.51. The molecule has 5 heteroatoms. The summed E-state index contributed by atoms with van der Waals surface area (Å²) in [5.74, 6) is 0. The van der Waals surface area contributed by atoms with Crippen LogP contribution in [0.4, 0.5) is 5.69 Å². The summed E-state index contributed by atoms with van der Waals surface area (Å²) in [6.45, 7) is 2.44. The van der Waals surface area contributed by atoms with Crippen molar-refractivity contribution >= 4 is 34.1 Å². The van der Waals surface area contributed by atoms with Gasteiger partial charge in [0.15, 0.2) is 0 Å². The second kappa shape index (κ2) is 9.01. The smallest absolute Gasteiger partial charge is 0.0484 e. The molecule has 0 amide bonds. The third kappa shape index (κ3) is 4.54. The fourth-order valence-corrected chi connectivity index (χ4v) is 4.05. The Morgan fingerprint density at radius 1 is 1.19 bits per heavy atom. The molecular formula is C21H28N4S. The standard InChI is InChI=1S/C16H23N3.C5H5NS/c1-17-14-5-6-16-13(12-14)7-11-19(16)15-4-3-9-18(2)10-8-15;6-4-5-2-1-3-7-5/h5-7,11-12,15,17H,3-4,8-10H2,1-2H3;1-4,6H. The minimum atomic E-state index is 0.655. The average Bonchev–Trinajstić information content (AvgIpc) is 3.29. The zero-order chi connectivity index (χ0) is 18.4. The van der Waals surface area contributed by atoms with Gasteiger partial charge in [0.1, 0.15) is 0 Å². The van der Waals surface area contributed by atoms with Gasteiger partial charge >= 0.3 is 0 Å². The number of benzene rings is 1. The Morgan fingerprint density at radius 2 is 2.08 bits per heavy atom. The molecule has 138 valence electrons. The molecule has 1 aliphatic rings. The van der Waals surface area contributed by atoms with Gasteiger partial charge in [-0.05, 0) is 75.1 Å². The Bertz CT molecular complexity index is 822. The lowest BCUT2D eigenvalue weighted by molar-refractivity contribution is 0.342. The SMILES string of the molecule is CNc1ccc2c(ccn2C2CCCN(C)CC2)c1.N=Cc1cccs1. The first-order valence-corrected chi connectivity index (χ1v) is 10.1. The number of fused-ring (bicyclic) bond motifs is 1. The van der Waals surface area contributed by atoms with E-state index in [1.165, 1.54) is 55.2 Å². The molecule has 1 atom stereocenters. The van der Waals surface area contributed by atoms with Crippen molar-refractivity contribution < 1.29 is 0 Å². The van der Waals surface area contributed by atoms with E-state index in [0.717, 1.165) is 4.88 Å². The van der Waals surface area contributed by atoms with E-state index in [9.17, 15) is 0 Å². The van der Waals surface area contributed by atoms with Crippen LogP contribution < -0.4 is 5.32 Å². The highest BCUT2D eigenvalue weighted by Crippen LogP contribution is 2.28. The normalized spacial score (nSPS) is 18.0. The van der Waals surface area contributed by atoms with Crippen LogP contribution in [-0.2, 0) is 0 Å². The summed E-state index contributed by atoms with van der Waals surface area (Å²) in [6, 6.07) is 13.4. The molecule has 0 radical (unpaired) electrons. The lowest BCUT2D eigenvalue weighted by atomic mass is 10.1. The Balaban J connectivity index is 0.000000236. The average molecular weight is 369 g/mol. The molecule has 0 saturated carbocycles. The third-order valence-corrected chi connectivity index (χ3v) is 5.83. The molecule has 3 aromatic rings. The summed E-state index contributed by atoms with van der Waals surface area (Å²) in [5.41, 5.74) is 2.56. The van der Waals surface area contributed by atoms with Crippen molar-refractivity contribution in [3.8, 4) is 0 Å². The zero-order valence-electron chi connectivity index (χ0n) is 15.6. The molecule has 26 heavy (non-hydrogen) atoms. The van der Waals surface area contributed by atoms with Gasteiger partial charge in [0.2, 0.25) is 0 Å². The maximum atomic E-state index is 6.75. The fraction of sp³-hybridized carbons (Fsp3) is 0.381. The first kappa shape index (κ1) is 18.7. The summed E-state index contributed by atoms with van der Waals surface area (Å²) in [4.78, 5) is 3.46. The monoisotopic (exact) mass is 368 g/mol. The van der Waals surface area contributed by atoms with Crippen LogP contribution in [-0.4, -0.2) is 42.9 Å². The van der Waals surface area contributed by atoms with Gasteiger partial charge in [0, 0.05) is 47.0 Å². The van der Waals surface area contributed by atoms with E-state index in [1.807, 2.05) is 24.6 Å². The van der Waals surface area contributed by atoms with Gasteiger partial charge in [0.05, 0.1) is 0 Å². The van der Waals surface area contributed by atoms with Crippen LogP contribution in [0.25, 0.3) is 10.9 Å². The molecule has 4 rings (SSSR count). The van der Waals surface area contributed by atoms with E-state index >= 15 is 0 Å². The molecule has 1 unspecified atom stereocenters. The van der Waals surface area contributed by atoms with Crippen LogP contribution in [0.15, 0.2) is 48.0 Å². The highest BCUT2D eigenvalue weighted by atomic mass is 32.1. The largest absolute Gasteiger partial charge is 0.388 e. The Kier molecular flexibility index (Phi) is 6.47. The van der Waals surface area contributed by atoms with Crippen molar-refractivity contribution in [3.05, 3.63) is 52.9 Å². The molecule has 3 heterocycles. The van der Waals surface area contributed by atoms with Crippen LogP contribution in [0, 0.1) is 5.41 Å². The predicted molar refractivity (Wildman–Crippen MR) is 114 cm³/mol. The van der Waals surface area contributed by atoms with Crippen LogP contribution >= 0.6 is 11.3 Å². The Hall–Kier alpha value is -2.11. The van der Waals surface area contributed by atoms with Crippen LogP contribution in [0.1, 0.15) is 30.2 Å².